The Labute approximate surface area is 136 Å². The van der Waals surface area contributed by atoms with Gasteiger partial charge in [0.1, 0.15) is 0 Å². The van der Waals surface area contributed by atoms with Crippen LogP contribution in [0.25, 0.3) is 6.08 Å². The third-order valence-corrected chi connectivity index (χ3v) is 4.44. The maximum absolute atomic E-state index is 12.4. The van der Waals surface area contributed by atoms with Gasteiger partial charge in [-0.3, -0.25) is 19.5 Å². The molecule has 2 heterocycles. The van der Waals surface area contributed by atoms with Crippen LogP contribution in [0.3, 0.4) is 0 Å². The number of carbonyl (C=O) groups is 2. The molecule has 0 saturated carbocycles. The van der Waals surface area contributed by atoms with Gasteiger partial charge in [0.25, 0.3) is 11.1 Å². The molecule has 0 radical (unpaired) electrons. The van der Waals surface area contributed by atoms with Crippen LogP contribution >= 0.6 is 23.4 Å². The van der Waals surface area contributed by atoms with Gasteiger partial charge in [-0.05, 0) is 47.2 Å². The average molecular weight is 331 g/mol. The van der Waals surface area contributed by atoms with E-state index in [0.717, 1.165) is 22.9 Å². The first kappa shape index (κ1) is 14.8. The molecule has 0 unspecified atom stereocenters. The van der Waals surface area contributed by atoms with Crippen molar-refractivity contribution in [1.29, 1.82) is 0 Å². The monoisotopic (exact) mass is 330 g/mol. The van der Waals surface area contributed by atoms with Crippen LogP contribution in [0.4, 0.5) is 4.79 Å². The summed E-state index contributed by atoms with van der Waals surface area (Å²) in [5.74, 6) is -0.299. The zero-order valence-electron chi connectivity index (χ0n) is 11.4. The highest BCUT2D eigenvalue weighted by molar-refractivity contribution is 8.18. The number of hydrogen-bond donors (Lipinski definition) is 0. The highest BCUT2D eigenvalue weighted by Gasteiger charge is 2.35. The van der Waals surface area contributed by atoms with Crippen molar-refractivity contribution in [3.8, 4) is 0 Å². The summed E-state index contributed by atoms with van der Waals surface area (Å²) in [7, 11) is 0. The molecule has 1 aliphatic heterocycles. The Morgan fingerprint density at radius 2 is 1.86 bits per heavy atom. The predicted molar refractivity (Wildman–Crippen MR) is 87.2 cm³/mol. The fourth-order valence-electron chi connectivity index (χ4n) is 2.04. The van der Waals surface area contributed by atoms with Crippen molar-refractivity contribution in [2.24, 2.45) is 0 Å². The Morgan fingerprint density at radius 3 is 2.59 bits per heavy atom. The summed E-state index contributed by atoms with van der Waals surface area (Å²) in [6.45, 7) is 0.179. The molecule has 1 aromatic carbocycles. The highest BCUT2D eigenvalue weighted by atomic mass is 35.5. The molecule has 1 aliphatic rings. The number of halogens is 1. The number of amides is 2. The summed E-state index contributed by atoms with van der Waals surface area (Å²) in [5.41, 5.74) is 1.58. The van der Waals surface area contributed by atoms with E-state index in [1.54, 1.807) is 42.7 Å². The lowest BCUT2D eigenvalue weighted by molar-refractivity contribution is -0.123. The first-order chi connectivity index (χ1) is 10.6. The fraction of sp³-hybridized carbons (Fsp3) is 0.0625. The van der Waals surface area contributed by atoms with Gasteiger partial charge in [0.2, 0.25) is 0 Å². The van der Waals surface area contributed by atoms with E-state index in [4.69, 9.17) is 11.6 Å². The largest absolute Gasteiger partial charge is 0.293 e. The number of carbonyl (C=O) groups excluding carboxylic acids is 2. The summed E-state index contributed by atoms with van der Waals surface area (Å²) < 4.78 is 0. The minimum atomic E-state index is -0.299. The van der Waals surface area contributed by atoms with E-state index in [9.17, 15) is 9.59 Å². The topological polar surface area (TPSA) is 50.3 Å². The molecule has 1 aromatic heterocycles. The lowest BCUT2D eigenvalue weighted by Gasteiger charge is -2.13. The quantitative estimate of drug-likeness (QED) is 0.799. The van der Waals surface area contributed by atoms with Crippen LogP contribution in [-0.4, -0.2) is 21.0 Å². The molecule has 0 bridgehead atoms. The van der Waals surface area contributed by atoms with Crippen molar-refractivity contribution < 1.29 is 9.59 Å². The Balaban J connectivity index is 1.83. The molecule has 3 rings (SSSR count). The second kappa shape index (κ2) is 6.34. The smallest absolute Gasteiger partial charge is 0.268 e. The van der Waals surface area contributed by atoms with Crippen molar-refractivity contribution in [2.75, 3.05) is 0 Å². The maximum atomic E-state index is 12.4. The van der Waals surface area contributed by atoms with E-state index in [-0.39, 0.29) is 17.7 Å². The van der Waals surface area contributed by atoms with Crippen LogP contribution in [0, 0.1) is 0 Å². The van der Waals surface area contributed by atoms with Crippen LogP contribution in [0.15, 0.2) is 53.7 Å². The average Bonchev–Trinajstić information content (AvgIpc) is 2.78. The lowest BCUT2D eigenvalue weighted by atomic mass is 10.2. The number of aromatic nitrogens is 1. The van der Waals surface area contributed by atoms with Crippen LogP contribution in [0.1, 0.15) is 11.1 Å². The predicted octanol–water partition coefficient (Wildman–Crippen LogP) is 3.97. The van der Waals surface area contributed by atoms with Gasteiger partial charge in [-0.15, -0.1) is 0 Å². The zero-order chi connectivity index (χ0) is 15.5. The molecule has 2 aromatic rings. The van der Waals surface area contributed by atoms with Gasteiger partial charge in [0, 0.05) is 17.4 Å². The molecule has 1 fully saturated rings. The van der Waals surface area contributed by atoms with Crippen molar-refractivity contribution >= 4 is 40.6 Å². The second-order valence-corrected chi connectivity index (χ2v) is 6.04. The van der Waals surface area contributed by atoms with Crippen LogP contribution in [0.2, 0.25) is 5.02 Å². The molecule has 2 amide bonds. The summed E-state index contributed by atoms with van der Waals surface area (Å²) in [5, 5.41) is 0.255. The Hall–Kier alpha value is -2.11. The van der Waals surface area contributed by atoms with E-state index in [1.807, 2.05) is 12.1 Å². The normalized spacial score (nSPS) is 16.6. The van der Waals surface area contributed by atoms with Gasteiger partial charge in [0.05, 0.1) is 11.4 Å². The fourth-order valence-corrected chi connectivity index (χ4v) is 3.08. The van der Waals surface area contributed by atoms with Gasteiger partial charge < -0.3 is 0 Å². The Kier molecular flexibility index (Phi) is 4.27. The van der Waals surface area contributed by atoms with Crippen LogP contribution in [0.5, 0.6) is 0 Å². The summed E-state index contributed by atoms with van der Waals surface area (Å²) >= 11 is 7.02. The zero-order valence-corrected chi connectivity index (χ0v) is 13.0. The first-order valence-electron chi connectivity index (χ1n) is 6.54. The Bertz CT molecular complexity index is 762. The molecule has 22 heavy (non-hydrogen) atoms. The minimum Gasteiger partial charge on any atom is -0.268 e. The summed E-state index contributed by atoms with van der Waals surface area (Å²) in [6.07, 6.45) is 4.97. The maximum Gasteiger partial charge on any atom is 0.293 e. The molecule has 0 N–H and O–H groups in total. The molecule has 0 spiro atoms. The van der Waals surface area contributed by atoms with Crippen LogP contribution in [-0.2, 0) is 11.3 Å². The van der Waals surface area contributed by atoms with Gasteiger partial charge in [-0.2, -0.15) is 0 Å². The van der Waals surface area contributed by atoms with Crippen molar-refractivity contribution in [3.63, 3.8) is 0 Å². The molecule has 0 aliphatic carbocycles. The van der Waals surface area contributed by atoms with E-state index < -0.39 is 0 Å². The number of rotatable bonds is 3. The first-order valence-corrected chi connectivity index (χ1v) is 7.73. The number of thioether (sulfide) groups is 1. The molecule has 4 nitrogen and oxygen atoms in total. The number of nitrogens with zero attached hydrogens (tertiary/aromatic N) is 2. The van der Waals surface area contributed by atoms with Gasteiger partial charge >= 0.3 is 0 Å². The third kappa shape index (κ3) is 3.05. The minimum absolute atomic E-state index is 0.179. The molecular weight excluding hydrogens is 320 g/mol. The van der Waals surface area contributed by atoms with E-state index in [1.165, 1.54) is 4.90 Å². The SMILES string of the molecule is O=C1S/C(=C\c2ccncc2)C(=O)N1Cc1ccccc1Cl. The Morgan fingerprint density at radius 1 is 1.14 bits per heavy atom. The van der Waals surface area contributed by atoms with Crippen molar-refractivity contribution in [3.05, 3.63) is 69.8 Å². The highest BCUT2D eigenvalue weighted by Crippen LogP contribution is 2.33. The summed E-state index contributed by atoms with van der Waals surface area (Å²) in [4.78, 5) is 30.0. The molecule has 1 saturated heterocycles. The van der Waals surface area contributed by atoms with E-state index >= 15 is 0 Å². The van der Waals surface area contributed by atoms with Crippen molar-refractivity contribution in [1.82, 2.24) is 9.88 Å². The third-order valence-electron chi connectivity index (χ3n) is 3.16. The lowest BCUT2D eigenvalue weighted by Crippen LogP contribution is -2.27. The van der Waals surface area contributed by atoms with Gasteiger partial charge in [-0.1, -0.05) is 29.8 Å². The van der Waals surface area contributed by atoms with Crippen molar-refractivity contribution in [2.45, 2.75) is 6.54 Å². The van der Waals surface area contributed by atoms with Gasteiger partial charge in [0.15, 0.2) is 0 Å². The van der Waals surface area contributed by atoms with Gasteiger partial charge in [-0.25, -0.2) is 0 Å². The van der Waals surface area contributed by atoms with E-state index in [0.29, 0.717) is 9.93 Å². The molecule has 6 heteroatoms. The second-order valence-electron chi connectivity index (χ2n) is 4.64. The number of pyridine rings is 1. The number of hydrogen-bond acceptors (Lipinski definition) is 4. The molecule has 110 valence electrons. The van der Waals surface area contributed by atoms with E-state index in [2.05, 4.69) is 4.98 Å². The number of benzene rings is 1. The summed E-state index contributed by atoms with van der Waals surface area (Å²) in [6, 6.07) is 10.7. The number of imide groups is 1. The molecular formula is C16H11ClN2O2S. The molecule has 0 atom stereocenters. The standard InChI is InChI=1S/C16H11ClN2O2S/c17-13-4-2-1-3-12(13)10-19-15(20)14(22-16(19)21)9-11-5-7-18-8-6-11/h1-9H,10H2/b14-9-. The van der Waals surface area contributed by atoms with Crippen LogP contribution < -0.4 is 0 Å².